The highest BCUT2D eigenvalue weighted by Gasteiger charge is 2.28. The quantitative estimate of drug-likeness (QED) is 0.746. The van der Waals surface area contributed by atoms with E-state index < -0.39 is 0 Å². The Balaban J connectivity index is 1.64. The van der Waals surface area contributed by atoms with E-state index in [0.717, 1.165) is 44.2 Å². The van der Waals surface area contributed by atoms with Gasteiger partial charge in [-0.2, -0.15) is 0 Å². The van der Waals surface area contributed by atoms with Crippen molar-refractivity contribution >= 4 is 11.6 Å². The van der Waals surface area contributed by atoms with E-state index in [9.17, 15) is 4.79 Å². The fourth-order valence-corrected chi connectivity index (χ4v) is 3.79. The molecule has 0 saturated heterocycles. The van der Waals surface area contributed by atoms with Gasteiger partial charge in [-0.05, 0) is 61.3 Å². The lowest BCUT2D eigenvalue weighted by Crippen LogP contribution is -2.35. The highest BCUT2D eigenvalue weighted by atomic mass is 16.1. The molecule has 0 bridgehead atoms. The Morgan fingerprint density at radius 1 is 1.24 bits per heavy atom. The molecule has 1 saturated carbocycles. The molecule has 1 aromatic rings. The average Bonchev–Trinajstić information content (AvgIpc) is 2.84. The standard InChI is InChI=1S/C17H25N3O/c18-13-7-8-14-11(9-13)3-2-6-16(14)20-17(21)10-12-4-1-5-15(12)19/h7-9,12,15-16H,1-6,10,18-19H2,(H,20,21)/t12-,15+,16?/m0/s1. The number of hydrogen-bond acceptors (Lipinski definition) is 3. The van der Waals surface area contributed by atoms with Crippen molar-refractivity contribution in [2.45, 2.75) is 57.0 Å². The minimum absolute atomic E-state index is 0.138. The summed E-state index contributed by atoms with van der Waals surface area (Å²) < 4.78 is 0. The van der Waals surface area contributed by atoms with E-state index in [4.69, 9.17) is 11.5 Å². The number of benzene rings is 1. The number of carbonyl (C=O) groups is 1. The highest BCUT2D eigenvalue weighted by molar-refractivity contribution is 5.77. The second-order valence-corrected chi connectivity index (χ2v) is 6.53. The van der Waals surface area contributed by atoms with Gasteiger partial charge in [-0.15, -0.1) is 0 Å². The van der Waals surface area contributed by atoms with Gasteiger partial charge in [0.2, 0.25) is 5.91 Å². The van der Waals surface area contributed by atoms with Crippen LogP contribution in [0, 0.1) is 5.92 Å². The smallest absolute Gasteiger partial charge is 0.220 e. The second kappa shape index (κ2) is 6.06. The molecule has 0 aliphatic heterocycles. The summed E-state index contributed by atoms with van der Waals surface area (Å²) in [4.78, 5) is 12.3. The van der Waals surface area contributed by atoms with Crippen LogP contribution in [-0.4, -0.2) is 11.9 Å². The molecule has 2 aliphatic rings. The number of nitrogens with two attached hydrogens (primary N) is 2. The number of rotatable bonds is 3. The lowest BCUT2D eigenvalue weighted by atomic mass is 9.87. The molecule has 0 radical (unpaired) electrons. The molecule has 1 fully saturated rings. The molecule has 4 heteroatoms. The number of hydrogen-bond donors (Lipinski definition) is 3. The third kappa shape index (κ3) is 3.21. The first kappa shape index (κ1) is 14.4. The van der Waals surface area contributed by atoms with Gasteiger partial charge in [0.25, 0.3) is 0 Å². The van der Waals surface area contributed by atoms with Gasteiger partial charge >= 0.3 is 0 Å². The molecule has 5 N–H and O–H groups in total. The number of anilines is 1. The normalized spacial score (nSPS) is 28.1. The predicted octanol–water partition coefficient (Wildman–Crippen LogP) is 2.28. The molecule has 114 valence electrons. The van der Waals surface area contributed by atoms with Gasteiger partial charge in [-0.1, -0.05) is 12.5 Å². The first-order chi connectivity index (χ1) is 10.1. The van der Waals surface area contributed by atoms with E-state index >= 15 is 0 Å². The zero-order valence-corrected chi connectivity index (χ0v) is 12.5. The van der Waals surface area contributed by atoms with E-state index in [1.165, 1.54) is 11.1 Å². The molecule has 1 amide bonds. The summed E-state index contributed by atoms with van der Waals surface area (Å²) in [5.74, 6) is 0.506. The van der Waals surface area contributed by atoms with Gasteiger partial charge in [0, 0.05) is 18.2 Å². The van der Waals surface area contributed by atoms with Crippen molar-refractivity contribution < 1.29 is 4.79 Å². The van der Waals surface area contributed by atoms with Gasteiger partial charge in [-0.25, -0.2) is 0 Å². The summed E-state index contributed by atoms with van der Waals surface area (Å²) in [6.07, 6.45) is 7.05. The third-order valence-corrected chi connectivity index (χ3v) is 4.98. The molecule has 1 unspecified atom stereocenters. The second-order valence-electron chi connectivity index (χ2n) is 6.53. The number of nitrogen functional groups attached to an aromatic ring is 1. The van der Waals surface area contributed by atoms with Crippen molar-refractivity contribution in [3.63, 3.8) is 0 Å². The van der Waals surface area contributed by atoms with E-state index in [0.29, 0.717) is 12.3 Å². The minimum atomic E-state index is 0.138. The van der Waals surface area contributed by atoms with Crippen LogP contribution in [0.25, 0.3) is 0 Å². The van der Waals surface area contributed by atoms with Crippen molar-refractivity contribution in [1.82, 2.24) is 5.32 Å². The van der Waals surface area contributed by atoms with E-state index in [2.05, 4.69) is 11.4 Å². The summed E-state index contributed by atoms with van der Waals surface area (Å²) in [6.45, 7) is 0. The monoisotopic (exact) mass is 287 g/mol. The van der Waals surface area contributed by atoms with Crippen LogP contribution in [0.15, 0.2) is 18.2 Å². The summed E-state index contributed by atoms with van der Waals surface area (Å²) in [6, 6.07) is 6.38. The third-order valence-electron chi connectivity index (χ3n) is 4.98. The average molecular weight is 287 g/mol. The molecule has 1 aromatic carbocycles. The number of carbonyl (C=O) groups excluding carboxylic acids is 1. The molecule has 0 heterocycles. The molecule has 0 aromatic heterocycles. The fraction of sp³-hybridized carbons (Fsp3) is 0.588. The van der Waals surface area contributed by atoms with Gasteiger partial charge < -0.3 is 16.8 Å². The molecule has 21 heavy (non-hydrogen) atoms. The van der Waals surface area contributed by atoms with E-state index in [-0.39, 0.29) is 18.0 Å². The van der Waals surface area contributed by atoms with Crippen LogP contribution >= 0.6 is 0 Å². The van der Waals surface area contributed by atoms with Crippen LogP contribution in [0.3, 0.4) is 0 Å². The number of nitrogens with one attached hydrogen (secondary N) is 1. The van der Waals surface area contributed by atoms with Crippen molar-refractivity contribution in [2.75, 3.05) is 5.73 Å². The Labute approximate surface area is 126 Å². The van der Waals surface area contributed by atoms with Crippen LogP contribution in [0.1, 0.15) is 55.7 Å². The van der Waals surface area contributed by atoms with Crippen LogP contribution in [0.5, 0.6) is 0 Å². The minimum Gasteiger partial charge on any atom is -0.399 e. The first-order valence-corrected chi connectivity index (χ1v) is 8.06. The molecular formula is C17H25N3O. The van der Waals surface area contributed by atoms with Gasteiger partial charge in [0.1, 0.15) is 0 Å². The molecule has 4 nitrogen and oxygen atoms in total. The Morgan fingerprint density at radius 2 is 2.10 bits per heavy atom. The Hall–Kier alpha value is -1.55. The topological polar surface area (TPSA) is 81.1 Å². The van der Waals surface area contributed by atoms with Crippen LogP contribution in [0.2, 0.25) is 0 Å². The lowest BCUT2D eigenvalue weighted by molar-refractivity contribution is -0.122. The molecule has 3 atom stereocenters. The summed E-state index contributed by atoms with van der Waals surface area (Å²) in [7, 11) is 0. The molecule has 3 rings (SSSR count). The Morgan fingerprint density at radius 3 is 2.86 bits per heavy atom. The predicted molar refractivity (Wildman–Crippen MR) is 84.6 cm³/mol. The van der Waals surface area contributed by atoms with Gasteiger partial charge in [0.05, 0.1) is 6.04 Å². The van der Waals surface area contributed by atoms with Crippen molar-refractivity contribution in [2.24, 2.45) is 11.7 Å². The zero-order chi connectivity index (χ0) is 14.8. The zero-order valence-electron chi connectivity index (χ0n) is 12.5. The number of fused-ring (bicyclic) bond motifs is 1. The maximum absolute atomic E-state index is 12.3. The molecule has 0 spiro atoms. The first-order valence-electron chi connectivity index (χ1n) is 8.06. The lowest BCUT2D eigenvalue weighted by Gasteiger charge is -2.27. The molecular weight excluding hydrogens is 262 g/mol. The highest BCUT2D eigenvalue weighted by Crippen LogP contribution is 2.32. The Bertz CT molecular complexity index is 529. The largest absolute Gasteiger partial charge is 0.399 e. The van der Waals surface area contributed by atoms with Crippen molar-refractivity contribution in [3.8, 4) is 0 Å². The van der Waals surface area contributed by atoms with Crippen LogP contribution in [0.4, 0.5) is 5.69 Å². The fourth-order valence-electron chi connectivity index (χ4n) is 3.79. The maximum atomic E-state index is 12.3. The summed E-state index contributed by atoms with van der Waals surface area (Å²) in [5, 5.41) is 3.21. The van der Waals surface area contributed by atoms with Crippen molar-refractivity contribution in [3.05, 3.63) is 29.3 Å². The van der Waals surface area contributed by atoms with Crippen molar-refractivity contribution in [1.29, 1.82) is 0 Å². The Kier molecular flexibility index (Phi) is 4.15. The SMILES string of the molecule is Nc1ccc2c(c1)CCCC2NC(=O)C[C@@H]1CCC[C@H]1N. The van der Waals surface area contributed by atoms with Crippen LogP contribution in [-0.2, 0) is 11.2 Å². The number of aryl methyl sites for hydroxylation is 1. The summed E-state index contributed by atoms with van der Waals surface area (Å²) in [5.41, 5.74) is 15.2. The van der Waals surface area contributed by atoms with E-state index in [1.54, 1.807) is 0 Å². The molecule has 2 aliphatic carbocycles. The number of amides is 1. The van der Waals surface area contributed by atoms with Crippen LogP contribution < -0.4 is 16.8 Å². The van der Waals surface area contributed by atoms with Gasteiger partial charge in [0.15, 0.2) is 0 Å². The summed E-state index contributed by atoms with van der Waals surface area (Å²) >= 11 is 0. The maximum Gasteiger partial charge on any atom is 0.220 e. The van der Waals surface area contributed by atoms with E-state index in [1.807, 2.05) is 12.1 Å². The van der Waals surface area contributed by atoms with Gasteiger partial charge in [-0.3, -0.25) is 4.79 Å².